The van der Waals surface area contributed by atoms with Crippen molar-refractivity contribution in [3.05, 3.63) is 66.6 Å². The monoisotopic (exact) mass is 412 g/mol. The Morgan fingerprint density at radius 1 is 0.903 bits per heavy atom. The maximum absolute atomic E-state index is 9.20. The van der Waals surface area contributed by atoms with Crippen molar-refractivity contribution < 1.29 is 5.11 Å². The third kappa shape index (κ3) is 3.74. The molecule has 0 atom stereocenters. The summed E-state index contributed by atoms with van der Waals surface area (Å²) in [6.07, 6.45) is 1.74. The number of aromatic nitrogens is 6. The fraction of sp³-hybridized carbons (Fsp3) is 0.136. The molecule has 31 heavy (non-hydrogen) atoms. The first-order valence-corrected chi connectivity index (χ1v) is 9.88. The first-order chi connectivity index (χ1) is 15.2. The topological polar surface area (TPSA) is 114 Å². The second kappa shape index (κ2) is 7.96. The zero-order valence-corrected chi connectivity index (χ0v) is 16.8. The molecule has 0 radical (unpaired) electrons. The minimum absolute atomic E-state index is 0.0363. The molecule has 0 aliphatic carbocycles. The highest BCUT2D eigenvalue weighted by Gasteiger charge is 2.14. The highest BCUT2D eigenvalue weighted by atomic mass is 16.3. The summed E-state index contributed by atoms with van der Waals surface area (Å²) in [7, 11) is 0. The number of nitrogens with one attached hydrogen (secondary N) is 2. The Morgan fingerprint density at radius 2 is 1.68 bits per heavy atom. The van der Waals surface area contributed by atoms with Gasteiger partial charge in [-0.1, -0.05) is 30.3 Å². The van der Waals surface area contributed by atoms with Gasteiger partial charge in [0, 0.05) is 11.9 Å². The summed E-state index contributed by atoms with van der Waals surface area (Å²) in [5.74, 6) is 1.91. The Bertz CT molecular complexity index is 1380. The second-order valence-electron chi connectivity index (χ2n) is 6.96. The number of para-hydroxylation sites is 3. The SMILES string of the molecule is Cc1nc2ccccc2n1-c1nc(NCCO)nc(Nc2cnc3ccccc3c2)n1. The Balaban J connectivity index is 1.58. The molecule has 0 bridgehead atoms. The molecule has 0 aliphatic heterocycles. The number of anilines is 3. The van der Waals surface area contributed by atoms with E-state index in [-0.39, 0.29) is 6.61 Å². The minimum Gasteiger partial charge on any atom is -0.395 e. The summed E-state index contributed by atoms with van der Waals surface area (Å²) in [5.41, 5.74) is 3.43. The quantitative estimate of drug-likeness (QED) is 0.390. The first-order valence-electron chi connectivity index (χ1n) is 9.88. The summed E-state index contributed by atoms with van der Waals surface area (Å²) in [6.45, 7) is 2.19. The number of aryl methyl sites for hydroxylation is 1. The zero-order chi connectivity index (χ0) is 21.2. The van der Waals surface area contributed by atoms with Crippen molar-refractivity contribution in [2.75, 3.05) is 23.8 Å². The Kier molecular flexibility index (Phi) is 4.85. The molecule has 154 valence electrons. The molecule has 3 heterocycles. The van der Waals surface area contributed by atoms with Gasteiger partial charge in [-0.15, -0.1) is 0 Å². The van der Waals surface area contributed by atoms with Gasteiger partial charge >= 0.3 is 0 Å². The standard InChI is InChI=1S/C22H20N8O/c1-14-25-18-8-4-5-9-19(18)30(14)22-28-20(23-10-11-31)27-21(29-22)26-16-12-15-6-2-3-7-17(15)24-13-16/h2-9,12-13,31H,10-11H2,1H3,(H2,23,26,27,28,29). The molecule has 0 aliphatic rings. The molecule has 9 nitrogen and oxygen atoms in total. The largest absolute Gasteiger partial charge is 0.395 e. The van der Waals surface area contributed by atoms with E-state index in [1.54, 1.807) is 6.20 Å². The van der Waals surface area contributed by atoms with Crippen LogP contribution in [0.15, 0.2) is 60.8 Å². The first kappa shape index (κ1) is 18.9. The minimum atomic E-state index is -0.0363. The fourth-order valence-corrected chi connectivity index (χ4v) is 3.43. The Hall–Kier alpha value is -4.11. The van der Waals surface area contributed by atoms with Gasteiger partial charge in [-0.3, -0.25) is 9.55 Å². The molecule has 9 heteroatoms. The van der Waals surface area contributed by atoms with Crippen LogP contribution in [0.3, 0.4) is 0 Å². The van der Waals surface area contributed by atoms with Crippen molar-refractivity contribution in [3.63, 3.8) is 0 Å². The number of aliphatic hydroxyl groups excluding tert-OH is 1. The normalized spacial score (nSPS) is 11.2. The van der Waals surface area contributed by atoms with Crippen LogP contribution in [0.2, 0.25) is 0 Å². The lowest BCUT2D eigenvalue weighted by molar-refractivity contribution is 0.311. The van der Waals surface area contributed by atoms with Crippen LogP contribution >= 0.6 is 0 Å². The maximum Gasteiger partial charge on any atom is 0.242 e. The van der Waals surface area contributed by atoms with Crippen molar-refractivity contribution in [1.82, 2.24) is 29.5 Å². The average Bonchev–Trinajstić information content (AvgIpc) is 3.13. The van der Waals surface area contributed by atoms with E-state index in [1.807, 2.05) is 66.1 Å². The van der Waals surface area contributed by atoms with E-state index in [2.05, 4.69) is 35.6 Å². The summed E-state index contributed by atoms with van der Waals surface area (Å²) < 4.78 is 1.88. The lowest BCUT2D eigenvalue weighted by Crippen LogP contribution is -2.14. The van der Waals surface area contributed by atoms with Crippen LogP contribution < -0.4 is 10.6 Å². The molecular formula is C22H20N8O. The predicted octanol–water partition coefficient (Wildman–Crippen LogP) is 3.21. The highest BCUT2D eigenvalue weighted by molar-refractivity contribution is 5.82. The van der Waals surface area contributed by atoms with Gasteiger partial charge in [-0.05, 0) is 31.2 Å². The molecule has 0 saturated carbocycles. The molecular weight excluding hydrogens is 392 g/mol. The lowest BCUT2D eigenvalue weighted by Gasteiger charge is -2.12. The number of imidazole rings is 1. The smallest absolute Gasteiger partial charge is 0.242 e. The van der Waals surface area contributed by atoms with Gasteiger partial charge in [0.15, 0.2) is 0 Å². The van der Waals surface area contributed by atoms with Crippen LogP contribution in [0.25, 0.3) is 27.9 Å². The highest BCUT2D eigenvalue weighted by Crippen LogP contribution is 2.22. The number of hydrogen-bond donors (Lipinski definition) is 3. The maximum atomic E-state index is 9.20. The lowest BCUT2D eigenvalue weighted by atomic mass is 10.2. The fourth-order valence-electron chi connectivity index (χ4n) is 3.43. The number of hydrogen-bond acceptors (Lipinski definition) is 8. The van der Waals surface area contributed by atoms with E-state index in [1.165, 1.54) is 0 Å². The summed E-state index contributed by atoms with van der Waals surface area (Å²) in [5, 5.41) is 16.4. The third-order valence-corrected chi connectivity index (χ3v) is 4.79. The molecule has 0 fully saturated rings. The van der Waals surface area contributed by atoms with Crippen LogP contribution in [0, 0.1) is 6.92 Å². The van der Waals surface area contributed by atoms with Gasteiger partial charge in [0.2, 0.25) is 17.8 Å². The molecule has 5 aromatic rings. The summed E-state index contributed by atoms with van der Waals surface area (Å²) in [6, 6.07) is 17.7. The molecule has 3 aromatic heterocycles. The van der Waals surface area contributed by atoms with E-state index >= 15 is 0 Å². The molecule has 0 saturated heterocycles. The van der Waals surface area contributed by atoms with Crippen molar-refractivity contribution >= 4 is 39.5 Å². The van der Waals surface area contributed by atoms with Gasteiger partial charge in [-0.25, -0.2) is 4.98 Å². The van der Waals surface area contributed by atoms with Gasteiger partial charge in [0.25, 0.3) is 0 Å². The Labute approximate surface area is 177 Å². The van der Waals surface area contributed by atoms with Crippen LogP contribution in [-0.2, 0) is 0 Å². The van der Waals surface area contributed by atoms with E-state index < -0.39 is 0 Å². The number of aliphatic hydroxyl groups is 1. The molecule has 2 aromatic carbocycles. The molecule has 0 amide bonds. The summed E-state index contributed by atoms with van der Waals surface area (Å²) in [4.78, 5) is 22.7. The summed E-state index contributed by atoms with van der Waals surface area (Å²) >= 11 is 0. The number of nitrogens with zero attached hydrogens (tertiary/aromatic N) is 6. The van der Waals surface area contributed by atoms with Gasteiger partial charge in [0.05, 0.1) is 35.0 Å². The number of fused-ring (bicyclic) bond motifs is 2. The second-order valence-corrected chi connectivity index (χ2v) is 6.96. The van der Waals surface area contributed by atoms with E-state index in [0.717, 1.165) is 33.4 Å². The van der Waals surface area contributed by atoms with Crippen molar-refractivity contribution in [1.29, 1.82) is 0 Å². The van der Waals surface area contributed by atoms with Crippen molar-refractivity contribution in [2.45, 2.75) is 6.92 Å². The van der Waals surface area contributed by atoms with Gasteiger partial charge in [-0.2, -0.15) is 15.0 Å². The molecule has 3 N–H and O–H groups in total. The van der Waals surface area contributed by atoms with Crippen molar-refractivity contribution in [3.8, 4) is 5.95 Å². The Morgan fingerprint density at radius 3 is 2.55 bits per heavy atom. The number of benzene rings is 2. The van der Waals surface area contributed by atoms with E-state index in [0.29, 0.717) is 24.4 Å². The molecule has 0 spiro atoms. The third-order valence-electron chi connectivity index (χ3n) is 4.79. The van der Waals surface area contributed by atoms with Crippen LogP contribution in [-0.4, -0.2) is 47.7 Å². The van der Waals surface area contributed by atoms with E-state index in [4.69, 9.17) is 0 Å². The van der Waals surface area contributed by atoms with E-state index in [9.17, 15) is 5.11 Å². The van der Waals surface area contributed by atoms with Crippen LogP contribution in [0.5, 0.6) is 0 Å². The van der Waals surface area contributed by atoms with Gasteiger partial charge in [0.1, 0.15) is 5.82 Å². The van der Waals surface area contributed by atoms with Gasteiger partial charge < -0.3 is 15.7 Å². The number of rotatable bonds is 6. The predicted molar refractivity (Wildman–Crippen MR) is 120 cm³/mol. The average molecular weight is 412 g/mol. The van der Waals surface area contributed by atoms with Crippen LogP contribution in [0.1, 0.15) is 5.82 Å². The molecule has 5 rings (SSSR count). The zero-order valence-electron chi connectivity index (χ0n) is 16.8. The molecule has 0 unspecified atom stereocenters. The van der Waals surface area contributed by atoms with Crippen molar-refractivity contribution in [2.24, 2.45) is 0 Å². The van der Waals surface area contributed by atoms with Crippen LogP contribution in [0.4, 0.5) is 17.6 Å². The number of pyridine rings is 1.